The minimum Gasteiger partial charge on any atom is -0.497 e. The first-order valence-electron chi connectivity index (χ1n) is 10.8. The van der Waals surface area contributed by atoms with Gasteiger partial charge in [0.25, 0.3) is 11.5 Å². The van der Waals surface area contributed by atoms with Gasteiger partial charge in [0.15, 0.2) is 0 Å². The highest BCUT2D eigenvalue weighted by Crippen LogP contribution is 2.26. The molecule has 0 saturated carbocycles. The minimum absolute atomic E-state index is 0.0404. The molecule has 0 fully saturated rings. The van der Waals surface area contributed by atoms with Crippen LogP contribution in [-0.4, -0.2) is 29.5 Å². The molecule has 2 aromatic heterocycles. The summed E-state index contributed by atoms with van der Waals surface area (Å²) in [6, 6.07) is 18.8. The molecule has 0 saturated heterocycles. The largest absolute Gasteiger partial charge is 0.497 e. The Kier molecular flexibility index (Phi) is 6.97. The molecular weight excluding hydrogens is 460 g/mol. The van der Waals surface area contributed by atoms with E-state index in [1.807, 2.05) is 19.1 Å². The van der Waals surface area contributed by atoms with E-state index in [-0.39, 0.29) is 17.0 Å². The second kappa shape index (κ2) is 10.4. The van der Waals surface area contributed by atoms with E-state index in [1.54, 1.807) is 67.9 Å². The van der Waals surface area contributed by atoms with Crippen molar-refractivity contribution in [2.24, 2.45) is 0 Å². The summed E-state index contributed by atoms with van der Waals surface area (Å²) in [6.45, 7) is 1.82. The number of amides is 1. The van der Waals surface area contributed by atoms with Crippen molar-refractivity contribution >= 4 is 23.3 Å². The molecule has 0 aliphatic rings. The second-order valence-corrected chi connectivity index (χ2v) is 7.65. The number of aryl methyl sites for hydroxylation is 1. The van der Waals surface area contributed by atoms with Gasteiger partial charge in [0.2, 0.25) is 5.88 Å². The number of rotatable bonds is 7. The molecule has 2 aromatic carbocycles. The third kappa shape index (κ3) is 5.03. The summed E-state index contributed by atoms with van der Waals surface area (Å²) in [5.74, 6) is 0.828. The number of fused-ring (bicyclic) bond motifs is 1. The fraction of sp³-hybridized carbons (Fsp3) is 0.111. The maximum absolute atomic E-state index is 13.4. The van der Waals surface area contributed by atoms with Gasteiger partial charge in [0, 0.05) is 18.0 Å². The molecule has 1 N–H and O–H groups in total. The van der Waals surface area contributed by atoms with E-state index in [4.69, 9.17) is 14.2 Å². The van der Waals surface area contributed by atoms with Crippen LogP contribution in [0.1, 0.15) is 11.1 Å². The van der Waals surface area contributed by atoms with Crippen LogP contribution in [0, 0.1) is 18.3 Å². The predicted molar refractivity (Wildman–Crippen MR) is 134 cm³/mol. The number of ether oxygens (including phenoxy) is 3. The first-order chi connectivity index (χ1) is 17.4. The minimum atomic E-state index is -0.699. The van der Waals surface area contributed by atoms with Crippen molar-refractivity contribution in [2.45, 2.75) is 6.92 Å². The van der Waals surface area contributed by atoms with E-state index in [0.717, 1.165) is 5.56 Å². The Labute approximate surface area is 206 Å². The predicted octanol–water partition coefficient (Wildman–Crippen LogP) is 4.36. The number of methoxy groups -OCH3 is 2. The molecule has 2 heterocycles. The number of benzene rings is 2. The fourth-order valence-electron chi connectivity index (χ4n) is 3.44. The molecule has 0 aliphatic carbocycles. The summed E-state index contributed by atoms with van der Waals surface area (Å²) in [4.78, 5) is 30.9. The number of nitrogens with one attached hydrogen (secondary N) is 1. The van der Waals surface area contributed by atoms with Crippen molar-refractivity contribution in [2.75, 3.05) is 19.5 Å². The lowest BCUT2D eigenvalue weighted by molar-refractivity contribution is -0.112. The van der Waals surface area contributed by atoms with E-state index in [1.165, 1.54) is 17.6 Å². The zero-order valence-electron chi connectivity index (χ0n) is 19.8. The van der Waals surface area contributed by atoms with E-state index in [0.29, 0.717) is 28.6 Å². The maximum atomic E-state index is 13.4. The smallest absolute Gasteiger partial charge is 0.269 e. The molecule has 4 aromatic rings. The van der Waals surface area contributed by atoms with Crippen molar-refractivity contribution in [3.05, 3.63) is 93.9 Å². The highest BCUT2D eigenvalue weighted by atomic mass is 16.5. The van der Waals surface area contributed by atoms with Gasteiger partial charge in [-0.2, -0.15) is 10.2 Å². The van der Waals surface area contributed by atoms with Gasteiger partial charge >= 0.3 is 0 Å². The van der Waals surface area contributed by atoms with Crippen molar-refractivity contribution in [3.8, 4) is 29.2 Å². The molecular formula is C27H22N4O5. The summed E-state index contributed by atoms with van der Waals surface area (Å²) in [5.41, 5.74) is 0.729. The number of hydrogen-bond acceptors (Lipinski definition) is 7. The first-order valence-corrected chi connectivity index (χ1v) is 10.8. The van der Waals surface area contributed by atoms with Crippen LogP contribution in [0.15, 0.2) is 77.2 Å². The molecule has 0 spiro atoms. The number of anilines is 1. The lowest BCUT2D eigenvalue weighted by atomic mass is 10.1. The third-order valence-electron chi connectivity index (χ3n) is 5.30. The van der Waals surface area contributed by atoms with Crippen LogP contribution in [0.25, 0.3) is 11.7 Å². The highest BCUT2D eigenvalue weighted by molar-refractivity contribution is 6.09. The van der Waals surface area contributed by atoms with Gasteiger partial charge in [-0.15, -0.1) is 0 Å². The summed E-state index contributed by atoms with van der Waals surface area (Å²) in [7, 11) is 3.06. The maximum Gasteiger partial charge on any atom is 0.269 e. The monoisotopic (exact) mass is 482 g/mol. The molecule has 1 amide bonds. The van der Waals surface area contributed by atoms with Crippen LogP contribution in [0.5, 0.6) is 23.1 Å². The van der Waals surface area contributed by atoms with Crippen LogP contribution < -0.4 is 25.1 Å². The molecule has 4 rings (SSSR count). The van der Waals surface area contributed by atoms with E-state index in [9.17, 15) is 14.9 Å². The standard InChI is InChI=1S/C27H22N4O5/c1-17-6-5-13-31-24(17)30-26(36-21-11-9-20(34-2)10-12-21)23(27(31)33)14-18(16-28)25(32)29-19-7-4-8-22(15-19)35-3/h4-15H,1-3H3,(H,29,32)/b18-14-. The van der Waals surface area contributed by atoms with Gasteiger partial charge in [-0.05, 0) is 61.0 Å². The topological polar surface area (TPSA) is 115 Å². The van der Waals surface area contributed by atoms with Gasteiger partial charge in [-0.3, -0.25) is 14.0 Å². The van der Waals surface area contributed by atoms with Crippen LogP contribution >= 0.6 is 0 Å². The quantitative estimate of drug-likeness (QED) is 0.307. The molecule has 0 unspecified atom stereocenters. The molecule has 9 nitrogen and oxygen atoms in total. The number of nitrogens with zero attached hydrogens (tertiary/aromatic N) is 3. The molecule has 36 heavy (non-hydrogen) atoms. The van der Waals surface area contributed by atoms with Crippen molar-refractivity contribution in [1.82, 2.24) is 9.38 Å². The lowest BCUT2D eigenvalue weighted by Crippen LogP contribution is -2.20. The van der Waals surface area contributed by atoms with Gasteiger partial charge in [-0.1, -0.05) is 12.1 Å². The Morgan fingerprint density at radius 3 is 2.44 bits per heavy atom. The summed E-state index contributed by atoms with van der Waals surface area (Å²) in [5, 5.41) is 12.4. The molecule has 0 atom stereocenters. The van der Waals surface area contributed by atoms with Crippen molar-refractivity contribution < 1.29 is 19.0 Å². The van der Waals surface area contributed by atoms with Gasteiger partial charge in [0.05, 0.1) is 14.2 Å². The van der Waals surface area contributed by atoms with Crippen molar-refractivity contribution in [1.29, 1.82) is 5.26 Å². The van der Waals surface area contributed by atoms with Gasteiger partial charge < -0.3 is 19.5 Å². The van der Waals surface area contributed by atoms with Crippen LogP contribution in [0.2, 0.25) is 0 Å². The molecule has 180 valence electrons. The Balaban J connectivity index is 1.80. The molecule has 0 radical (unpaired) electrons. The van der Waals surface area contributed by atoms with Crippen LogP contribution in [0.3, 0.4) is 0 Å². The highest BCUT2D eigenvalue weighted by Gasteiger charge is 2.18. The molecule has 9 heteroatoms. The Hall–Kier alpha value is -5.10. The number of nitriles is 1. The normalized spacial score (nSPS) is 11.0. The van der Waals surface area contributed by atoms with E-state index >= 15 is 0 Å². The average molecular weight is 482 g/mol. The van der Waals surface area contributed by atoms with Gasteiger partial charge in [0.1, 0.15) is 40.1 Å². The third-order valence-corrected chi connectivity index (χ3v) is 5.30. The zero-order valence-corrected chi connectivity index (χ0v) is 19.8. The summed E-state index contributed by atoms with van der Waals surface area (Å²) >= 11 is 0. The number of aromatic nitrogens is 2. The summed E-state index contributed by atoms with van der Waals surface area (Å²) < 4.78 is 17.6. The zero-order chi connectivity index (χ0) is 25.7. The number of hydrogen-bond donors (Lipinski definition) is 1. The van der Waals surface area contributed by atoms with Gasteiger partial charge in [-0.25, -0.2) is 0 Å². The van der Waals surface area contributed by atoms with Crippen molar-refractivity contribution in [3.63, 3.8) is 0 Å². The number of carbonyl (C=O) groups excluding carboxylic acids is 1. The Morgan fingerprint density at radius 1 is 1.03 bits per heavy atom. The van der Waals surface area contributed by atoms with E-state index < -0.39 is 11.5 Å². The van der Waals surface area contributed by atoms with Crippen LogP contribution in [-0.2, 0) is 4.79 Å². The Morgan fingerprint density at radius 2 is 1.75 bits per heavy atom. The lowest BCUT2D eigenvalue weighted by Gasteiger charge is -2.12. The Bertz CT molecular complexity index is 1570. The fourth-order valence-corrected chi connectivity index (χ4v) is 3.44. The van der Waals surface area contributed by atoms with Crippen LogP contribution in [0.4, 0.5) is 5.69 Å². The number of carbonyl (C=O) groups is 1. The SMILES string of the molecule is COc1ccc(Oc2nc3c(C)cccn3c(=O)c2/C=C(/C#N)C(=O)Nc2cccc(OC)c2)cc1. The molecule has 0 aliphatic heterocycles. The van der Waals surface area contributed by atoms with E-state index in [2.05, 4.69) is 10.3 Å². The first kappa shape index (κ1) is 24.0. The molecule has 0 bridgehead atoms. The second-order valence-electron chi connectivity index (χ2n) is 7.65. The average Bonchev–Trinajstić information content (AvgIpc) is 2.89. The number of pyridine rings is 1. The summed E-state index contributed by atoms with van der Waals surface area (Å²) in [6.07, 6.45) is 2.74.